The van der Waals surface area contributed by atoms with E-state index in [-0.39, 0.29) is 22.9 Å². The molecule has 0 aliphatic carbocycles. The number of carbonyl (C=O) groups is 4. The van der Waals surface area contributed by atoms with Crippen LogP contribution in [0.2, 0.25) is 0 Å². The van der Waals surface area contributed by atoms with Gasteiger partial charge < -0.3 is 9.80 Å². The van der Waals surface area contributed by atoms with Gasteiger partial charge in [-0.25, -0.2) is 4.90 Å². The van der Waals surface area contributed by atoms with Crippen LogP contribution in [0.1, 0.15) is 109 Å². The lowest BCUT2D eigenvalue weighted by molar-refractivity contribution is 0.0606. The van der Waals surface area contributed by atoms with Gasteiger partial charge in [0.05, 0.1) is 5.69 Å². The van der Waals surface area contributed by atoms with E-state index in [1.165, 1.54) is 16.2 Å². The third-order valence-electron chi connectivity index (χ3n) is 14.9. The van der Waals surface area contributed by atoms with Crippen molar-refractivity contribution in [1.29, 1.82) is 0 Å². The van der Waals surface area contributed by atoms with Crippen LogP contribution in [0.15, 0.2) is 200 Å². The van der Waals surface area contributed by atoms with E-state index in [0.29, 0.717) is 34.1 Å². The predicted octanol–water partition coefficient (Wildman–Crippen LogP) is 16.9. The zero-order valence-corrected chi connectivity index (χ0v) is 42.2. The van der Waals surface area contributed by atoms with Gasteiger partial charge in [0, 0.05) is 73.7 Å². The van der Waals surface area contributed by atoms with Crippen molar-refractivity contribution in [1.82, 2.24) is 4.90 Å². The molecule has 0 saturated carbocycles. The van der Waals surface area contributed by atoms with Crippen molar-refractivity contribution in [3.05, 3.63) is 245 Å². The first-order valence-corrected chi connectivity index (χ1v) is 26.3. The number of hydrogen-bond acceptors (Lipinski definition) is 6. The van der Waals surface area contributed by atoms with E-state index in [1.807, 2.05) is 18.2 Å². The van der Waals surface area contributed by atoms with E-state index in [0.717, 1.165) is 99.6 Å². The van der Waals surface area contributed by atoms with Crippen LogP contribution in [-0.2, 0) is 0 Å². The van der Waals surface area contributed by atoms with E-state index in [1.54, 1.807) is 36.4 Å². The Balaban J connectivity index is 0.798. The number of unbranched alkanes of at least 4 members (excludes halogenated alkanes) is 5. The molecule has 0 fully saturated rings. The molecule has 8 nitrogen and oxygen atoms in total. The third kappa shape index (κ3) is 8.98. The second kappa shape index (κ2) is 20.5. The van der Waals surface area contributed by atoms with Crippen LogP contribution < -0.4 is 14.7 Å². The SMILES string of the molecule is CCCCCCCCN1C(=O)c2ccc3c4c(ccc(c24)C1=O)C(=O)N(c1ccc(-c2ccc(N4c5ccc(cc5)/C=C\c5ccc(cc5)N(c5ccccc5)c5ccc(cc5)/C=C\c5ccc4cc5)cc2)cc1)C3=O. The number of imide groups is 2. The topological polar surface area (TPSA) is 81.2 Å². The maximum Gasteiger partial charge on any atom is 0.265 e. The van der Waals surface area contributed by atoms with Crippen LogP contribution in [0.5, 0.6) is 0 Å². The molecular weight excluding hydrogens is 937 g/mol. The molecule has 9 aliphatic rings. The number of rotatable bonds is 11. The Kier molecular flexibility index (Phi) is 12.8. The van der Waals surface area contributed by atoms with Gasteiger partial charge in [0.25, 0.3) is 23.6 Å². The summed E-state index contributed by atoms with van der Waals surface area (Å²) in [6.07, 6.45) is 14.8. The quantitative estimate of drug-likeness (QED) is 0.0949. The van der Waals surface area contributed by atoms with Gasteiger partial charge in [-0.2, -0.15) is 0 Å². The summed E-state index contributed by atoms with van der Waals surface area (Å²) in [6, 6.07) is 67.2. The average molecular weight is 991 g/mol. The van der Waals surface area contributed by atoms with Crippen LogP contribution in [0.25, 0.3) is 46.2 Å². The zero-order chi connectivity index (χ0) is 51.7. The molecule has 8 heteroatoms. The summed E-state index contributed by atoms with van der Waals surface area (Å²) in [7, 11) is 0. The Morgan fingerprint density at radius 2 is 0.592 bits per heavy atom. The van der Waals surface area contributed by atoms with E-state index in [4.69, 9.17) is 0 Å². The molecule has 370 valence electrons. The Morgan fingerprint density at radius 1 is 0.289 bits per heavy atom. The normalized spacial score (nSPS) is 14.7. The monoisotopic (exact) mass is 990 g/mol. The average Bonchev–Trinajstić information content (AvgIpc) is 3.50. The Hall–Kier alpha value is -9.40. The van der Waals surface area contributed by atoms with Crippen molar-refractivity contribution >= 4 is 98.5 Å². The largest absolute Gasteiger partial charge is 0.311 e. The van der Waals surface area contributed by atoms with Gasteiger partial charge in [0.1, 0.15) is 0 Å². The predicted molar refractivity (Wildman–Crippen MR) is 309 cm³/mol. The first kappa shape index (κ1) is 47.6. The molecular formula is C68H54N4O4. The van der Waals surface area contributed by atoms with Gasteiger partial charge in [-0.3, -0.25) is 24.1 Å². The van der Waals surface area contributed by atoms with Gasteiger partial charge in [-0.15, -0.1) is 0 Å². The molecule has 9 aromatic rings. The zero-order valence-electron chi connectivity index (χ0n) is 42.2. The van der Waals surface area contributed by atoms with Gasteiger partial charge >= 0.3 is 0 Å². The smallest absolute Gasteiger partial charge is 0.265 e. The standard InChI is InChI=1S/C68H54N4O4/c1-2-3-4-5-6-10-45-69-65(73)59-41-43-61-64-62(44-42-60(63(59)64)66(69)74)68(76)72(67(61)75)58-39-27-51(28-40-58)50-25-37-57(38-26-50)71-55-33-21-48(22-34-55)15-13-46-17-29-53(30-18-46)70(52-11-8-7-9-12-52)54-31-19-47(20-32-54)14-16-49-23-35-56(71)36-24-49/h7-9,11-44H,2-6,10,45H2,1H3/b15-13-,16-14-. The summed E-state index contributed by atoms with van der Waals surface area (Å²) < 4.78 is 0. The Morgan fingerprint density at radius 3 is 0.961 bits per heavy atom. The molecule has 4 amide bonds. The number of para-hydroxylation sites is 1. The molecule has 9 heterocycles. The number of anilines is 7. The number of nitrogens with zero attached hydrogens (tertiary/aromatic N) is 4. The molecule has 9 aliphatic heterocycles. The third-order valence-corrected chi connectivity index (χ3v) is 14.9. The van der Waals surface area contributed by atoms with Gasteiger partial charge in [0.2, 0.25) is 0 Å². The molecule has 0 unspecified atom stereocenters. The van der Waals surface area contributed by atoms with E-state index >= 15 is 0 Å². The first-order chi connectivity index (χ1) is 37.3. The fourth-order valence-electron chi connectivity index (χ4n) is 10.8. The molecule has 18 rings (SSSR count). The molecule has 0 saturated heterocycles. The van der Waals surface area contributed by atoms with Crippen molar-refractivity contribution < 1.29 is 19.2 Å². The summed E-state index contributed by atoms with van der Waals surface area (Å²) >= 11 is 0. The number of amides is 4. The lowest BCUT2D eigenvalue weighted by Crippen LogP contribution is -2.43. The number of carbonyl (C=O) groups excluding carboxylic acids is 4. The molecule has 0 aromatic heterocycles. The lowest BCUT2D eigenvalue weighted by atomic mass is 9.85. The highest BCUT2D eigenvalue weighted by molar-refractivity contribution is 6.39. The first-order valence-electron chi connectivity index (χ1n) is 26.3. The molecule has 76 heavy (non-hydrogen) atoms. The Bertz CT molecular complexity index is 3560. The van der Waals surface area contributed by atoms with Crippen LogP contribution in [0, 0.1) is 0 Å². The highest BCUT2D eigenvalue weighted by Gasteiger charge is 2.40. The van der Waals surface area contributed by atoms with Crippen molar-refractivity contribution in [3.8, 4) is 11.1 Å². The minimum atomic E-state index is -0.499. The summed E-state index contributed by atoms with van der Waals surface area (Å²) in [5, 5.41) is 0.755. The van der Waals surface area contributed by atoms with E-state index in [9.17, 15) is 19.2 Å². The van der Waals surface area contributed by atoms with Gasteiger partial charge in [-0.05, 0) is 149 Å². The van der Waals surface area contributed by atoms with Gasteiger partial charge in [0.15, 0.2) is 0 Å². The molecule has 0 radical (unpaired) electrons. The maximum atomic E-state index is 14.3. The summed E-state index contributed by atoms with van der Waals surface area (Å²) in [5.41, 5.74) is 14.2. The fourth-order valence-corrected chi connectivity index (χ4v) is 10.8. The lowest BCUT2D eigenvalue weighted by Gasteiger charge is -2.32. The van der Waals surface area contributed by atoms with Crippen LogP contribution >= 0.6 is 0 Å². The van der Waals surface area contributed by atoms with Crippen LogP contribution in [-0.4, -0.2) is 35.1 Å². The number of hydrogen-bond donors (Lipinski definition) is 0. The highest BCUT2D eigenvalue weighted by Crippen LogP contribution is 2.41. The van der Waals surface area contributed by atoms with E-state index < -0.39 is 11.8 Å². The minimum Gasteiger partial charge on any atom is -0.311 e. The molecule has 0 spiro atoms. The second-order valence-corrected chi connectivity index (χ2v) is 19.7. The maximum absolute atomic E-state index is 14.3. The van der Waals surface area contributed by atoms with Gasteiger partial charge in [-0.1, -0.05) is 154 Å². The van der Waals surface area contributed by atoms with Crippen molar-refractivity contribution in [2.75, 3.05) is 21.2 Å². The molecule has 8 bridgehead atoms. The van der Waals surface area contributed by atoms with E-state index in [2.05, 4.69) is 187 Å². The molecule has 0 atom stereocenters. The highest BCUT2D eigenvalue weighted by atomic mass is 16.2. The summed E-state index contributed by atoms with van der Waals surface area (Å²) in [4.78, 5) is 63.2. The second-order valence-electron chi connectivity index (χ2n) is 19.7. The fraction of sp³-hybridized carbons (Fsp3) is 0.118. The van der Waals surface area contributed by atoms with Crippen LogP contribution in [0.4, 0.5) is 39.8 Å². The summed E-state index contributed by atoms with van der Waals surface area (Å²) in [5.74, 6) is -1.77. The molecule has 0 N–H and O–H groups in total. The van der Waals surface area contributed by atoms with Crippen molar-refractivity contribution in [3.63, 3.8) is 0 Å². The minimum absolute atomic E-state index is 0.286. The van der Waals surface area contributed by atoms with Crippen molar-refractivity contribution in [2.24, 2.45) is 0 Å². The molecule has 9 aromatic carbocycles. The van der Waals surface area contributed by atoms with Crippen molar-refractivity contribution in [2.45, 2.75) is 45.4 Å². The Labute approximate surface area is 443 Å². The summed E-state index contributed by atoms with van der Waals surface area (Å²) in [6.45, 7) is 2.51. The van der Waals surface area contributed by atoms with Crippen LogP contribution in [0.3, 0.4) is 0 Å². The number of benzene rings is 9.